The number of nitrogens with one attached hydrogen (secondary N) is 2. The zero-order valence-corrected chi connectivity index (χ0v) is 13.1. The SMILES string of the molecule is CCOc1c(I)cc(C=NNc2nn[nH]n2)cc1OC. The predicted molar refractivity (Wildman–Crippen MR) is 82.3 cm³/mol. The Kier molecular flexibility index (Phi) is 5.09. The minimum absolute atomic E-state index is 0.300. The van der Waals surface area contributed by atoms with Gasteiger partial charge in [0.25, 0.3) is 5.95 Å². The number of H-pyrrole nitrogens is 1. The fraction of sp³-hybridized carbons (Fsp3) is 0.273. The maximum Gasteiger partial charge on any atom is 0.283 e. The Hall–Kier alpha value is -1.91. The standard InChI is InChI=1S/C11H13IN6O2/c1-3-20-10-8(12)4-7(5-9(10)19-2)6-13-14-11-15-17-18-16-11/h4-6H,3H2,1-2H3,(H2,14,15,16,17,18). The number of hydrogen-bond acceptors (Lipinski definition) is 7. The van der Waals surface area contributed by atoms with Gasteiger partial charge in [0.2, 0.25) is 0 Å². The number of tetrazole rings is 1. The van der Waals surface area contributed by atoms with Gasteiger partial charge in [-0.15, -0.1) is 5.10 Å². The van der Waals surface area contributed by atoms with E-state index in [1.165, 1.54) is 0 Å². The lowest BCUT2D eigenvalue weighted by Gasteiger charge is -2.11. The number of methoxy groups -OCH3 is 1. The summed E-state index contributed by atoms with van der Waals surface area (Å²) >= 11 is 2.19. The summed E-state index contributed by atoms with van der Waals surface area (Å²) in [4.78, 5) is 0. The van der Waals surface area contributed by atoms with E-state index in [4.69, 9.17) is 9.47 Å². The molecule has 1 aromatic carbocycles. The van der Waals surface area contributed by atoms with Crippen molar-refractivity contribution >= 4 is 34.8 Å². The van der Waals surface area contributed by atoms with E-state index in [1.54, 1.807) is 13.3 Å². The summed E-state index contributed by atoms with van der Waals surface area (Å²) in [6, 6.07) is 3.78. The molecule has 0 bridgehead atoms. The number of hydrogen-bond donors (Lipinski definition) is 2. The quantitative estimate of drug-likeness (QED) is 0.444. The number of aromatic nitrogens is 4. The van der Waals surface area contributed by atoms with Crippen LogP contribution in [0.15, 0.2) is 17.2 Å². The summed E-state index contributed by atoms with van der Waals surface area (Å²) in [6.45, 7) is 2.51. The Labute approximate surface area is 129 Å². The third-order valence-electron chi connectivity index (χ3n) is 2.26. The summed E-state index contributed by atoms with van der Waals surface area (Å²) in [5.74, 6) is 1.70. The number of halogens is 1. The monoisotopic (exact) mass is 388 g/mol. The molecule has 1 aromatic heterocycles. The minimum atomic E-state index is 0.300. The summed E-state index contributed by atoms with van der Waals surface area (Å²) in [6.07, 6.45) is 1.64. The lowest BCUT2D eigenvalue weighted by molar-refractivity contribution is 0.308. The van der Waals surface area contributed by atoms with Gasteiger partial charge in [-0.05, 0) is 52.4 Å². The van der Waals surface area contributed by atoms with Crippen LogP contribution in [0.25, 0.3) is 0 Å². The molecule has 2 aromatic rings. The van der Waals surface area contributed by atoms with Crippen molar-refractivity contribution in [2.24, 2.45) is 5.10 Å². The van der Waals surface area contributed by atoms with E-state index in [9.17, 15) is 0 Å². The first-order valence-electron chi connectivity index (χ1n) is 5.77. The van der Waals surface area contributed by atoms with Crippen LogP contribution in [0.4, 0.5) is 5.95 Å². The number of benzene rings is 1. The van der Waals surface area contributed by atoms with Crippen LogP contribution in [0.2, 0.25) is 0 Å². The van der Waals surface area contributed by atoms with Gasteiger partial charge in [0.15, 0.2) is 11.5 Å². The third-order valence-corrected chi connectivity index (χ3v) is 3.07. The molecule has 1 heterocycles. The highest BCUT2D eigenvalue weighted by Gasteiger charge is 2.10. The Morgan fingerprint density at radius 2 is 2.35 bits per heavy atom. The Morgan fingerprint density at radius 3 is 3.00 bits per heavy atom. The number of nitrogens with zero attached hydrogens (tertiary/aromatic N) is 4. The molecule has 0 saturated heterocycles. The Bertz CT molecular complexity index is 587. The number of ether oxygens (including phenoxy) is 2. The van der Waals surface area contributed by atoms with Crippen LogP contribution in [0.5, 0.6) is 11.5 Å². The van der Waals surface area contributed by atoms with Crippen molar-refractivity contribution < 1.29 is 9.47 Å². The lowest BCUT2D eigenvalue weighted by atomic mass is 10.2. The molecule has 0 amide bonds. The van der Waals surface area contributed by atoms with Crippen molar-refractivity contribution in [3.63, 3.8) is 0 Å². The fourth-order valence-corrected chi connectivity index (χ4v) is 2.25. The van der Waals surface area contributed by atoms with Gasteiger partial charge in [0.1, 0.15) is 0 Å². The number of anilines is 1. The predicted octanol–water partition coefficient (Wildman–Crippen LogP) is 1.66. The Morgan fingerprint density at radius 1 is 1.50 bits per heavy atom. The van der Waals surface area contributed by atoms with Crippen LogP contribution in [-0.4, -0.2) is 40.6 Å². The van der Waals surface area contributed by atoms with E-state index in [2.05, 4.69) is 53.7 Å². The van der Waals surface area contributed by atoms with E-state index in [1.807, 2.05) is 19.1 Å². The van der Waals surface area contributed by atoms with Gasteiger partial charge >= 0.3 is 0 Å². The second-order valence-corrected chi connectivity index (χ2v) is 4.73. The molecule has 8 nitrogen and oxygen atoms in total. The minimum Gasteiger partial charge on any atom is -0.493 e. The van der Waals surface area contributed by atoms with Gasteiger partial charge in [-0.3, -0.25) is 0 Å². The van der Waals surface area contributed by atoms with Gasteiger partial charge < -0.3 is 9.47 Å². The van der Waals surface area contributed by atoms with Crippen LogP contribution in [0.3, 0.4) is 0 Å². The van der Waals surface area contributed by atoms with Gasteiger partial charge in [0.05, 0.1) is 23.5 Å². The van der Waals surface area contributed by atoms with Crippen LogP contribution in [0, 0.1) is 3.57 Å². The smallest absolute Gasteiger partial charge is 0.283 e. The van der Waals surface area contributed by atoms with Gasteiger partial charge in [-0.25, -0.2) is 5.43 Å². The van der Waals surface area contributed by atoms with Crippen molar-refractivity contribution in [2.75, 3.05) is 19.1 Å². The molecular formula is C11H13IN6O2. The van der Waals surface area contributed by atoms with E-state index in [0.29, 0.717) is 18.3 Å². The third kappa shape index (κ3) is 3.56. The maximum absolute atomic E-state index is 5.55. The van der Waals surface area contributed by atoms with Crippen molar-refractivity contribution in [1.82, 2.24) is 20.6 Å². The first-order valence-corrected chi connectivity index (χ1v) is 6.85. The van der Waals surface area contributed by atoms with Crippen LogP contribution >= 0.6 is 22.6 Å². The Balaban J connectivity index is 2.16. The summed E-state index contributed by atoms with van der Waals surface area (Å²) in [5, 5.41) is 17.2. The normalized spacial score (nSPS) is 10.8. The fourth-order valence-electron chi connectivity index (χ4n) is 1.47. The van der Waals surface area contributed by atoms with Gasteiger partial charge in [-0.2, -0.15) is 10.3 Å². The van der Waals surface area contributed by atoms with Crippen LogP contribution in [-0.2, 0) is 0 Å². The van der Waals surface area contributed by atoms with Crippen molar-refractivity contribution in [1.29, 1.82) is 0 Å². The van der Waals surface area contributed by atoms with Gasteiger partial charge in [0, 0.05) is 0 Å². The molecule has 2 N–H and O–H groups in total. The highest BCUT2D eigenvalue weighted by molar-refractivity contribution is 14.1. The maximum atomic E-state index is 5.55. The highest BCUT2D eigenvalue weighted by Crippen LogP contribution is 2.33. The van der Waals surface area contributed by atoms with Crippen molar-refractivity contribution in [3.05, 3.63) is 21.3 Å². The molecule has 0 aliphatic carbocycles. The second-order valence-electron chi connectivity index (χ2n) is 3.57. The lowest BCUT2D eigenvalue weighted by Crippen LogP contribution is -1.99. The first kappa shape index (κ1) is 14.5. The zero-order valence-electron chi connectivity index (χ0n) is 10.9. The molecule has 9 heteroatoms. The largest absolute Gasteiger partial charge is 0.493 e. The molecular weight excluding hydrogens is 375 g/mol. The summed E-state index contributed by atoms with van der Waals surface area (Å²) in [5.41, 5.74) is 3.52. The van der Waals surface area contributed by atoms with Crippen LogP contribution in [0.1, 0.15) is 12.5 Å². The molecule has 0 aliphatic heterocycles. The molecule has 0 spiro atoms. The molecule has 0 fully saturated rings. The van der Waals surface area contributed by atoms with Crippen molar-refractivity contribution in [3.8, 4) is 11.5 Å². The number of rotatable bonds is 6. The molecule has 0 unspecified atom stereocenters. The molecule has 106 valence electrons. The molecule has 2 rings (SSSR count). The van der Waals surface area contributed by atoms with E-state index >= 15 is 0 Å². The average Bonchev–Trinajstić information content (AvgIpc) is 2.94. The van der Waals surface area contributed by atoms with Gasteiger partial charge in [-0.1, -0.05) is 5.10 Å². The topological polar surface area (TPSA) is 97.3 Å². The van der Waals surface area contributed by atoms with E-state index in [0.717, 1.165) is 14.9 Å². The van der Waals surface area contributed by atoms with Crippen LogP contribution < -0.4 is 14.9 Å². The molecule has 0 atom stereocenters. The van der Waals surface area contributed by atoms with E-state index < -0.39 is 0 Å². The zero-order chi connectivity index (χ0) is 14.4. The first-order chi connectivity index (χ1) is 9.74. The van der Waals surface area contributed by atoms with Crippen molar-refractivity contribution in [2.45, 2.75) is 6.92 Å². The molecule has 0 aliphatic rings. The second kappa shape index (κ2) is 7.03. The molecule has 0 saturated carbocycles. The summed E-state index contributed by atoms with van der Waals surface area (Å²) < 4.78 is 11.8. The molecule has 20 heavy (non-hydrogen) atoms. The number of aromatic amines is 1. The number of hydrazone groups is 1. The summed E-state index contributed by atoms with van der Waals surface area (Å²) in [7, 11) is 1.60. The highest BCUT2D eigenvalue weighted by atomic mass is 127. The van der Waals surface area contributed by atoms with E-state index in [-0.39, 0.29) is 0 Å². The molecule has 0 radical (unpaired) electrons. The average molecular weight is 388 g/mol.